The Morgan fingerprint density at radius 1 is 1.29 bits per heavy atom. The number of nitrogens with one attached hydrogen (secondary N) is 1. The number of methoxy groups -OCH3 is 1. The predicted molar refractivity (Wildman–Crippen MR) is 75.6 cm³/mol. The fourth-order valence-corrected chi connectivity index (χ4v) is 2.02. The van der Waals surface area contributed by atoms with Gasteiger partial charge in [-0.25, -0.2) is 0 Å². The molecule has 0 amide bonds. The molecule has 0 aliphatic carbocycles. The number of hydrogen-bond donors (Lipinski definition) is 1. The molecule has 0 rings (SSSR count). The third kappa shape index (κ3) is 5.84. The largest absolute Gasteiger partial charge is 0.377 e. The molecule has 0 saturated carbocycles. The zero-order valence-corrected chi connectivity index (χ0v) is 12.8. The van der Waals surface area contributed by atoms with Gasteiger partial charge in [0.2, 0.25) is 0 Å². The van der Waals surface area contributed by atoms with Crippen LogP contribution in [0.3, 0.4) is 0 Å². The van der Waals surface area contributed by atoms with Crippen molar-refractivity contribution in [1.29, 1.82) is 0 Å². The van der Waals surface area contributed by atoms with Crippen LogP contribution in [0.1, 0.15) is 47.5 Å². The van der Waals surface area contributed by atoms with E-state index in [2.05, 4.69) is 51.9 Å². The summed E-state index contributed by atoms with van der Waals surface area (Å²) in [5, 5.41) is 3.54. The highest BCUT2D eigenvalue weighted by molar-refractivity contribution is 4.88. The summed E-state index contributed by atoms with van der Waals surface area (Å²) in [5.41, 5.74) is -0.129. The van der Waals surface area contributed by atoms with Crippen LogP contribution in [-0.2, 0) is 4.74 Å². The molecule has 3 heteroatoms. The standard InChI is InChI=1S/C14H32N2O/c1-8-10-12(3)16(6)11-13(15-9-2)14(4,5)17-7/h12-13,15H,8-11H2,1-7H3. The minimum absolute atomic E-state index is 0.129. The molecule has 17 heavy (non-hydrogen) atoms. The Morgan fingerprint density at radius 3 is 2.29 bits per heavy atom. The van der Waals surface area contributed by atoms with Crippen LogP contribution in [0.4, 0.5) is 0 Å². The van der Waals surface area contributed by atoms with E-state index in [9.17, 15) is 0 Å². The second-order valence-electron chi connectivity index (χ2n) is 5.50. The lowest BCUT2D eigenvalue weighted by Crippen LogP contribution is -2.54. The molecular formula is C14H32N2O. The Balaban J connectivity index is 4.43. The van der Waals surface area contributed by atoms with Gasteiger partial charge >= 0.3 is 0 Å². The van der Waals surface area contributed by atoms with E-state index in [0.717, 1.165) is 13.1 Å². The van der Waals surface area contributed by atoms with Crippen molar-refractivity contribution in [3.8, 4) is 0 Å². The lowest BCUT2D eigenvalue weighted by Gasteiger charge is -2.38. The summed E-state index contributed by atoms with van der Waals surface area (Å²) < 4.78 is 5.60. The number of ether oxygens (including phenoxy) is 1. The first-order valence-corrected chi connectivity index (χ1v) is 6.87. The average Bonchev–Trinajstić information content (AvgIpc) is 2.28. The second-order valence-corrected chi connectivity index (χ2v) is 5.50. The number of hydrogen-bond acceptors (Lipinski definition) is 3. The number of rotatable bonds is 9. The van der Waals surface area contributed by atoms with Gasteiger partial charge in [0.1, 0.15) is 0 Å². The summed E-state index contributed by atoms with van der Waals surface area (Å²) in [5.74, 6) is 0. The highest BCUT2D eigenvalue weighted by Crippen LogP contribution is 2.16. The van der Waals surface area contributed by atoms with Crippen molar-refractivity contribution >= 4 is 0 Å². The van der Waals surface area contributed by atoms with Crippen LogP contribution >= 0.6 is 0 Å². The summed E-state index contributed by atoms with van der Waals surface area (Å²) in [6.45, 7) is 13.0. The summed E-state index contributed by atoms with van der Waals surface area (Å²) >= 11 is 0. The molecule has 0 aliphatic rings. The molecule has 104 valence electrons. The van der Waals surface area contributed by atoms with Crippen molar-refractivity contribution in [2.24, 2.45) is 0 Å². The van der Waals surface area contributed by atoms with Crippen molar-refractivity contribution in [1.82, 2.24) is 10.2 Å². The van der Waals surface area contributed by atoms with E-state index in [1.54, 1.807) is 7.11 Å². The van der Waals surface area contributed by atoms with E-state index in [1.165, 1.54) is 12.8 Å². The first-order chi connectivity index (χ1) is 7.88. The molecule has 0 aromatic rings. The SMILES string of the molecule is CCCC(C)N(C)CC(NCC)C(C)(C)OC. The third-order valence-corrected chi connectivity index (χ3v) is 3.75. The molecular weight excluding hydrogens is 212 g/mol. The molecule has 2 unspecified atom stereocenters. The average molecular weight is 244 g/mol. The van der Waals surface area contributed by atoms with Gasteiger partial charge in [-0.05, 0) is 40.8 Å². The zero-order chi connectivity index (χ0) is 13.5. The maximum Gasteiger partial charge on any atom is 0.0787 e. The van der Waals surface area contributed by atoms with Gasteiger partial charge in [0.25, 0.3) is 0 Å². The molecule has 0 radical (unpaired) electrons. The molecule has 0 saturated heterocycles. The van der Waals surface area contributed by atoms with Gasteiger partial charge in [-0.2, -0.15) is 0 Å². The summed E-state index contributed by atoms with van der Waals surface area (Å²) in [6, 6.07) is 0.996. The molecule has 0 fully saturated rings. The van der Waals surface area contributed by atoms with E-state index < -0.39 is 0 Å². The molecule has 3 nitrogen and oxygen atoms in total. The first kappa shape index (κ1) is 16.9. The lowest BCUT2D eigenvalue weighted by molar-refractivity contribution is -0.0203. The van der Waals surface area contributed by atoms with Crippen molar-refractivity contribution in [3.63, 3.8) is 0 Å². The molecule has 0 aliphatic heterocycles. The Hall–Kier alpha value is -0.120. The summed E-state index contributed by atoms with van der Waals surface area (Å²) in [4.78, 5) is 2.43. The number of nitrogens with zero attached hydrogens (tertiary/aromatic N) is 1. The van der Waals surface area contributed by atoms with Crippen molar-refractivity contribution in [2.45, 2.75) is 65.1 Å². The van der Waals surface area contributed by atoms with Crippen LogP contribution in [0.2, 0.25) is 0 Å². The molecule has 1 N–H and O–H groups in total. The highest BCUT2D eigenvalue weighted by Gasteiger charge is 2.30. The Kier molecular flexibility index (Phi) is 8.01. The van der Waals surface area contributed by atoms with Crippen LogP contribution in [0.15, 0.2) is 0 Å². The van der Waals surface area contributed by atoms with Crippen molar-refractivity contribution < 1.29 is 4.74 Å². The van der Waals surface area contributed by atoms with E-state index in [0.29, 0.717) is 12.1 Å². The fourth-order valence-electron chi connectivity index (χ4n) is 2.02. The maximum atomic E-state index is 5.60. The predicted octanol–water partition coefficient (Wildman–Crippen LogP) is 2.51. The third-order valence-electron chi connectivity index (χ3n) is 3.75. The first-order valence-electron chi connectivity index (χ1n) is 6.87. The van der Waals surface area contributed by atoms with Crippen LogP contribution < -0.4 is 5.32 Å². The van der Waals surface area contributed by atoms with Crippen LogP contribution in [0.5, 0.6) is 0 Å². The smallest absolute Gasteiger partial charge is 0.0787 e. The second kappa shape index (κ2) is 8.06. The van der Waals surface area contributed by atoms with Gasteiger partial charge in [-0.15, -0.1) is 0 Å². The van der Waals surface area contributed by atoms with Gasteiger partial charge in [-0.1, -0.05) is 20.3 Å². The molecule has 2 atom stereocenters. The highest BCUT2D eigenvalue weighted by atomic mass is 16.5. The zero-order valence-electron chi connectivity index (χ0n) is 12.8. The summed E-state index contributed by atoms with van der Waals surface area (Å²) in [7, 11) is 4.00. The van der Waals surface area contributed by atoms with E-state index in [1.807, 2.05) is 0 Å². The Labute approximate surface area is 108 Å². The molecule has 0 aromatic heterocycles. The van der Waals surface area contributed by atoms with Gasteiger partial charge < -0.3 is 15.0 Å². The van der Waals surface area contributed by atoms with Crippen LogP contribution in [-0.4, -0.2) is 49.8 Å². The Morgan fingerprint density at radius 2 is 1.88 bits per heavy atom. The quantitative estimate of drug-likeness (QED) is 0.674. The van der Waals surface area contributed by atoms with Gasteiger partial charge in [0.15, 0.2) is 0 Å². The van der Waals surface area contributed by atoms with E-state index in [4.69, 9.17) is 4.74 Å². The normalized spacial score (nSPS) is 16.2. The fraction of sp³-hybridized carbons (Fsp3) is 1.00. The van der Waals surface area contributed by atoms with Crippen LogP contribution in [0.25, 0.3) is 0 Å². The van der Waals surface area contributed by atoms with E-state index >= 15 is 0 Å². The maximum absolute atomic E-state index is 5.60. The van der Waals surface area contributed by atoms with E-state index in [-0.39, 0.29) is 5.60 Å². The Bertz CT molecular complexity index is 195. The van der Waals surface area contributed by atoms with Gasteiger partial charge in [-0.3, -0.25) is 0 Å². The summed E-state index contributed by atoms with van der Waals surface area (Å²) in [6.07, 6.45) is 2.49. The minimum atomic E-state index is -0.129. The molecule has 0 heterocycles. The molecule has 0 aromatic carbocycles. The van der Waals surface area contributed by atoms with Gasteiger partial charge in [0, 0.05) is 25.7 Å². The number of likely N-dealkylation sites (N-methyl/N-ethyl adjacent to an activating group) is 2. The lowest BCUT2D eigenvalue weighted by atomic mass is 9.97. The molecule has 0 spiro atoms. The topological polar surface area (TPSA) is 24.5 Å². The molecule has 0 bridgehead atoms. The van der Waals surface area contributed by atoms with Crippen molar-refractivity contribution in [3.05, 3.63) is 0 Å². The van der Waals surface area contributed by atoms with Crippen molar-refractivity contribution in [2.75, 3.05) is 27.2 Å². The van der Waals surface area contributed by atoms with Crippen LogP contribution in [0, 0.1) is 0 Å². The minimum Gasteiger partial charge on any atom is -0.377 e. The van der Waals surface area contributed by atoms with Gasteiger partial charge in [0.05, 0.1) is 5.60 Å². The monoisotopic (exact) mass is 244 g/mol.